The van der Waals surface area contributed by atoms with Crippen LogP contribution in [0.2, 0.25) is 0 Å². The molecule has 2 aromatic carbocycles. The van der Waals surface area contributed by atoms with Gasteiger partial charge in [-0.15, -0.1) is 0 Å². The minimum Gasteiger partial charge on any atom is -0.487 e. The molecule has 6 nitrogen and oxygen atoms in total. The van der Waals surface area contributed by atoms with Gasteiger partial charge in [-0.1, -0.05) is 50.2 Å². The van der Waals surface area contributed by atoms with Crippen molar-refractivity contribution in [3.05, 3.63) is 65.7 Å². The number of nitrogens with zero attached hydrogens (tertiary/aromatic N) is 3. The fourth-order valence-corrected chi connectivity index (χ4v) is 2.48. The first-order valence-corrected chi connectivity index (χ1v) is 8.82. The molecule has 0 aliphatic heterocycles. The van der Waals surface area contributed by atoms with Crippen molar-refractivity contribution in [1.29, 1.82) is 0 Å². The predicted octanol–water partition coefficient (Wildman–Crippen LogP) is 4.58. The molecular weight excluding hydrogens is 364 g/mol. The van der Waals surface area contributed by atoms with Gasteiger partial charge in [0.25, 0.3) is 0 Å². The number of hydrogen-bond donors (Lipinski definition) is 2. The summed E-state index contributed by atoms with van der Waals surface area (Å²) in [7, 11) is 0. The number of alkyl halides is 1. The number of hydrogen-bond acceptors (Lipinski definition) is 6. The van der Waals surface area contributed by atoms with E-state index in [0.29, 0.717) is 0 Å². The zero-order valence-electron chi connectivity index (χ0n) is 15.6. The van der Waals surface area contributed by atoms with Crippen LogP contribution in [-0.4, -0.2) is 15.0 Å². The summed E-state index contributed by atoms with van der Waals surface area (Å²) in [6.07, 6.45) is -1.42. The molecule has 0 saturated heterocycles. The Morgan fingerprint density at radius 3 is 2.50 bits per heavy atom. The van der Waals surface area contributed by atoms with Crippen LogP contribution in [0.1, 0.15) is 31.4 Å². The third kappa shape index (κ3) is 4.70. The molecule has 0 spiro atoms. The average Bonchev–Trinajstić information content (AvgIpc) is 2.68. The number of ether oxygens (including phenoxy) is 1. The van der Waals surface area contributed by atoms with Crippen molar-refractivity contribution in [1.82, 2.24) is 15.0 Å². The lowest BCUT2D eigenvalue weighted by Crippen LogP contribution is -2.12. The number of nitrogen functional groups attached to an aromatic ring is 1. The molecule has 1 unspecified atom stereocenters. The Hall–Kier alpha value is -3.29. The van der Waals surface area contributed by atoms with Crippen molar-refractivity contribution in [3.63, 3.8) is 0 Å². The predicted molar refractivity (Wildman–Crippen MR) is 103 cm³/mol. The molecule has 3 aromatic rings. The average molecular weight is 385 g/mol. The monoisotopic (exact) mass is 385 g/mol. The molecular formula is C20H21F2N5O. The minimum atomic E-state index is -1.42. The van der Waals surface area contributed by atoms with Gasteiger partial charge in [-0.05, 0) is 23.6 Å². The van der Waals surface area contributed by atoms with Crippen LogP contribution in [0.3, 0.4) is 0 Å². The van der Waals surface area contributed by atoms with Gasteiger partial charge >= 0.3 is 0 Å². The van der Waals surface area contributed by atoms with Crippen molar-refractivity contribution in [2.24, 2.45) is 5.92 Å². The summed E-state index contributed by atoms with van der Waals surface area (Å²) >= 11 is 0. The van der Waals surface area contributed by atoms with Crippen LogP contribution in [0.15, 0.2) is 48.5 Å². The first-order chi connectivity index (χ1) is 13.4. The summed E-state index contributed by atoms with van der Waals surface area (Å²) in [5.74, 6) is -0.947. The maximum absolute atomic E-state index is 14.4. The fraction of sp³-hybridized carbons (Fsp3) is 0.250. The van der Waals surface area contributed by atoms with E-state index in [-0.39, 0.29) is 41.7 Å². The van der Waals surface area contributed by atoms with Gasteiger partial charge in [-0.25, -0.2) is 8.78 Å². The second-order valence-electron chi connectivity index (χ2n) is 6.53. The summed E-state index contributed by atoms with van der Waals surface area (Å²) in [5.41, 5.74) is 6.64. The van der Waals surface area contributed by atoms with E-state index < -0.39 is 12.0 Å². The Labute approximate surface area is 161 Å². The summed E-state index contributed by atoms with van der Waals surface area (Å²) in [6.45, 7) is 3.65. The molecule has 28 heavy (non-hydrogen) atoms. The van der Waals surface area contributed by atoms with Crippen molar-refractivity contribution in [3.8, 4) is 5.75 Å². The Balaban J connectivity index is 1.86. The summed E-state index contributed by atoms with van der Waals surface area (Å²) < 4.78 is 34.5. The van der Waals surface area contributed by atoms with E-state index in [0.717, 1.165) is 5.56 Å². The molecule has 8 heteroatoms. The topological polar surface area (TPSA) is 86.0 Å². The van der Waals surface area contributed by atoms with Crippen LogP contribution in [0.4, 0.5) is 26.4 Å². The highest BCUT2D eigenvalue weighted by molar-refractivity contribution is 5.63. The number of para-hydroxylation sites is 1. The summed E-state index contributed by atoms with van der Waals surface area (Å²) in [4.78, 5) is 11.8. The molecule has 0 radical (unpaired) electrons. The Morgan fingerprint density at radius 2 is 1.79 bits per heavy atom. The number of rotatable bonds is 7. The molecule has 3 N–H and O–H groups in total. The molecule has 3 rings (SSSR count). The van der Waals surface area contributed by atoms with Gasteiger partial charge in [0.15, 0.2) is 17.8 Å². The van der Waals surface area contributed by atoms with E-state index in [2.05, 4.69) is 20.3 Å². The van der Waals surface area contributed by atoms with Crippen molar-refractivity contribution < 1.29 is 13.5 Å². The van der Waals surface area contributed by atoms with Gasteiger partial charge < -0.3 is 15.8 Å². The molecule has 146 valence electrons. The van der Waals surface area contributed by atoms with Gasteiger partial charge in [0, 0.05) is 0 Å². The highest BCUT2D eigenvalue weighted by atomic mass is 19.1. The Morgan fingerprint density at radius 1 is 1.04 bits per heavy atom. The maximum Gasteiger partial charge on any atom is 0.232 e. The smallest absolute Gasteiger partial charge is 0.232 e. The lowest BCUT2D eigenvalue weighted by atomic mass is 10.1. The van der Waals surface area contributed by atoms with Crippen molar-refractivity contribution in [2.75, 3.05) is 11.1 Å². The SMILES string of the molecule is CC(C)C(F)c1nc(N)nc(Nc2c(F)cccc2OCc2ccccc2)n1. The van der Waals surface area contributed by atoms with E-state index in [9.17, 15) is 8.78 Å². The second-order valence-corrected chi connectivity index (χ2v) is 6.53. The third-order valence-corrected chi connectivity index (χ3v) is 3.95. The Kier molecular flexibility index (Phi) is 5.98. The van der Waals surface area contributed by atoms with Crippen LogP contribution in [0.25, 0.3) is 0 Å². The lowest BCUT2D eigenvalue weighted by Gasteiger charge is -2.15. The van der Waals surface area contributed by atoms with Crippen LogP contribution in [0.5, 0.6) is 5.75 Å². The molecule has 1 aromatic heterocycles. The molecule has 1 atom stereocenters. The lowest BCUT2D eigenvalue weighted by molar-refractivity contribution is 0.248. The van der Waals surface area contributed by atoms with Crippen molar-refractivity contribution >= 4 is 17.6 Å². The van der Waals surface area contributed by atoms with Crippen LogP contribution < -0.4 is 15.8 Å². The molecule has 0 aliphatic carbocycles. The number of benzene rings is 2. The number of halogens is 2. The number of aromatic nitrogens is 3. The van der Waals surface area contributed by atoms with Gasteiger partial charge in [-0.3, -0.25) is 0 Å². The van der Waals surface area contributed by atoms with Crippen LogP contribution >= 0.6 is 0 Å². The second kappa shape index (κ2) is 8.60. The van der Waals surface area contributed by atoms with Gasteiger partial charge in [-0.2, -0.15) is 15.0 Å². The van der Waals surface area contributed by atoms with Crippen LogP contribution in [-0.2, 0) is 6.61 Å². The van der Waals surface area contributed by atoms with E-state index >= 15 is 0 Å². The highest BCUT2D eigenvalue weighted by Gasteiger charge is 2.20. The van der Waals surface area contributed by atoms with Gasteiger partial charge in [0.05, 0.1) is 0 Å². The molecule has 1 heterocycles. The zero-order valence-corrected chi connectivity index (χ0v) is 15.6. The minimum absolute atomic E-state index is 0.0370. The third-order valence-electron chi connectivity index (χ3n) is 3.95. The fourth-order valence-electron chi connectivity index (χ4n) is 2.48. The first-order valence-electron chi connectivity index (χ1n) is 8.82. The van der Waals surface area contributed by atoms with E-state index in [4.69, 9.17) is 10.5 Å². The molecule has 0 bridgehead atoms. The standard InChI is InChI=1S/C20H21F2N5O/c1-12(2)16(22)18-25-19(23)27-20(26-18)24-17-14(21)9-6-10-15(17)28-11-13-7-4-3-5-8-13/h3-10,12,16H,11H2,1-2H3,(H3,23,24,25,26,27). The van der Waals surface area contributed by atoms with E-state index in [1.807, 2.05) is 30.3 Å². The summed E-state index contributed by atoms with van der Waals surface area (Å²) in [6, 6.07) is 13.9. The number of anilines is 3. The molecule has 0 saturated carbocycles. The van der Waals surface area contributed by atoms with Crippen molar-refractivity contribution in [2.45, 2.75) is 26.6 Å². The molecule has 0 aliphatic rings. The Bertz CT molecular complexity index is 937. The number of nitrogens with two attached hydrogens (primary N) is 1. The quantitative estimate of drug-likeness (QED) is 0.619. The van der Waals surface area contributed by atoms with Crippen LogP contribution in [0, 0.1) is 11.7 Å². The normalized spacial score (nSPS) is 12.0. The maximum atomic E-state index is 14.4. The molecule has 0 fully saturated rings. The highest BCUT2D eigenvalue weighted by Crippen LogP contribution is 2.31. The number of nitrogens with one attached hydrogen (secondary N) is 1. The largest absolute Gasteiger partial charge is 0.487 e. The zero-order chi connectivity index (χ0) is 20.1. The summed E-state index contributed by atoms with van der Waals surface area (Å²) in [5, 5.41) is 2.74. The first kappa shape index (κ1) is 19.5. The molecule has 0 amide bonds. The van der Waals surface area contributed by atoms with Gasteiger partial charge in [0.1, 0.15) is 18.0 Å². The van der Waals surface area contributed by atoms with E-state index in [1.54, 1.807) is 19.9 Å². The van der Waals surface area contributed by atoms with Gasteiger partial charge in [0.2, 0.25) is 11.9 Å². The van der Waals surface area contributed by atoms with E-state index in [1.165, 1.54) is 12.1 Å².